The van der Waals surface area contributed by atoms with Gasteiger partial charge in [-0.15, -0.1) is 11.3 Å². The lowest BCUT2D eigenvalue weighted by Crippen LogP contribution is -1.99. The van der Waals surface area contributed by atoms with Crippen LogP contribution in [0.2, 0.25) is 0 Å². The summed E-state index contributed by atoms with van der Waals surface area (Å²) in [7, 11) is 0. The average Bonchev–Trinajstić information content (AvgIpc) is 3.11. The molecule has 0 aliphatic carbocycles. The van der Waals surface area contributed by atoms with Gasteiger partial charge in [-0.1, -0.05) is 60.9 Å². The molecule has 4 heteroatoms. The van der Waals surface area contributed by atoms with Gasteiger partial charge in [0.1, 0.15) is 5.56 Å². The fraction of sp³-hybridized carbons (Fsp3) is 0.167. The van der Waals surface area contributed by atoms with Crippen LogP contribution in [0.5, 0.6) is 0 Å². The Morgan fingerprint density at radius 1 is 1.11 bits per heavy atom. The normalized spacial score (nSPS) is 11.0. The Morgan fingerprint density at radius 3 is 2.46 bits per heavy atom. The highest BCUT2D eigenvalue weighted by Gasteiger charge is 2.19. The van der Waals surface area contributed by atoms with Gasteiger partial charge in [0.25, 0.3) is 0 Å². The van der Waals surface area contributed by atoms with Gasteiger partial charge in [-0.25, -0.2) is 9.79 Å². The number of hydrogen-bond acceptors (Lipinski definition) is 3. The molecule has 0 saturated heterocycles. The van der Waals surface area contributed by atoms with Gasteiger partial charge in [-0.3, -0.25) is 0 Å². The number of rotatable bonds is 5. The van der Waals surface area contributed by atoms with Crippen LogP contribution in [0.4, 0.5) is 5.69 Å². The van der Waals surface area contributed by atoms with Crippen LogP contribution in [0.25, 0.3) is 10.4 Å². The van der Waals surface area contributed by atoms with E-state index in [9.17, 15) is 9.90 Å². The standard InChI is InChI=1S/C24H21NO2S/c1-3-7-20(15-12-18-8-5-4-6-9-18)25-21-16-28-23(22(21)24(26)27)19-13-10-17(2)11-14-19/h4-6,8-11,13-14,16H,3,7H2,1-2H3,(H,26,27). The largest absolute Gasteiger partial charge is 0.478 e. The maximum Gasteiger partial charge on any atom is 0.339 e. The zero-order valence-corrected chi connectivity index (χ0v) is 16.7. The van der Waals surface area contributed by atoms with Crippen LogP contribution in [0.15, 0.2) is 65.0 Å². The fourth-order valence-electron chi connectivity index (χ4n) is 2.75. The van der Waals surface area contributed by atoms with Crippen molar-refractivity contribution in [3.05, 3.63) is 76.7 Å². The predicted octanol–water partition coefficient (Wildman–Crippen LogP) is 6.35. The van der Waals surface area contributed by atoms with Crippen molar-refractivity contribution >= 4 is 28.7 Å². The van der Waals surface area contributed by atoms with Gasteiger partial charge in [0.05, 0.1) is 16.3 Å². The molecule has 28 heavy (non-hydrogen) atoms. The molecule has 0 aliphatic rings. The third-order valence-corrected chi connectivity index (χ3v) is 5.18. The number of aryl methyl sites for hydroxylation is 1. The highest BCUT2D eigenvalue weighted by Crippen LogP contribution is 2.38. The van der Waals surface area contributed by atoms with E-state index in [0.717, 1.165) is 28.0 Å². The molecule has 1 N–H and O–H groups in total. The average molecular weight is 388 g/mol. The topological polar surface area (TPSA) is 49.7 Å². The first-order chi connectivity index (χ1) is 13.6. The number of hydrogen-bond donors (Lipinski definition) is 1. The Bertz CT molecular complexity index is 1050. The van der Waals surface area contributed by atoms with Gasteiger partial charge in [-0.2, -0.15) is 0 Å². The van der Waals surface area contributed by atoms with Gasteiger partial charge in [0.15, 0.2) is 0 Å². The van der Waals surface area contributed by atoms with Crippen molar-refractivity contribution in [2.24, 2.45) is 4.99 Å². The van der Waals surface area contributed by atoms with Crippen LogP contribution in [0.1, 0.15) is 41.3 Å². The molecule has 3 aromatic rings. The minimum atomic E-state index is -0.970. The second-order valence-corrected chi connectivity index (χ2v) is 7.30. The van der Waals surface area contributed by atoms with Crippen LogP contribution in [-0.2, 0) is 0 Å². The monoisotopic (exact) mass is 387 g/mol. The van der Waals surface area contributed by atoms with E-state index >= 15 is 0 Å². The Kier molecular flexibility index (Phi) is 6.41. The third kappa shape index (κ3) is 4.76. The van der Waals surface area contributed by atoms with E-state index in [1.54, 1.807) is 5.38 Å². The van der Waals surface area contributed by atoms with Crippen LogP contribution in [0, 0.1) is 18.8 Å². The summed E-state index contributed by atoms with van der Waals surface area (Å²) in [5, 5.41) is 11.6. The van der Waals surface area contributed by atoms with E-state index in [2.05, 4.69) is 23.8 Å². The van der Waals surface area contributed by atoms with E-state index < -0.39 is 5.97 Å². The lowest BCUT2D eigenvalue weighted by atomic mass is 10.1. The smallest absolute Gasteiger partial charge is 0.339 e. The Hall–Kier alpha value is -3.16. The number of carbonyl (C=O) groups is 1. The molecule has 2 aromatic carbocycles. The van der Waals surface area contributed by atoms with Gasteiger partial charge < -0.3 is 5.11 Å². The van der Waals surface area contributed by atoms with Crippen LogP contribution in [-0.4, -0.2) is 16.8 Å². The Morgan fingerprint density at radius 2 is 1.82 bits per heavy atom. The molecular weight excluding hydrogens is 366 g/mol. The minimum Gasteiger partial charge on any atom is -0.478 e. The summed E-state index contributed by atoms with van der Waals surface area (Å²) < 4.78 is 0. The highest BCUT2D eigenvalue weighted by atomic mass is 32.1. The van der Waals surface area contributed by atoms with Crippen molar-refractivity contribution in [2.45, 2.75) is 26.7 Å². The van der Waals surface area contributed by atoms with E-state index in [0.29, 0.717) is 17.8 Å². The highest BCUT2D eigenvalue weighted by molar-refractivity contribution is 7.14. The molecule has 1 heterocycles. The molecule has 0 atom stereocenters. The summed E-state index contributed by atoms with van der Waals surface area (Å²) in [6.45, 7) is 4.07. The molecule has 3 nitrogen and oxygen atoms in total. The lowest BCUT2D eigenvalue weighted by molar-refractivity contribution is 0.0699. The van der Waals surface area contributed by atoms with E-state index in [4.69, 9.17) is 0 Å². The van der Waals surface area contributed by atoms with Gasteiger partial charge in [0.2, 0.25) is 0 Å². The SMILES string of the molecule is CCCC(C#Cc1ccccc1)=Nc1csc(-c2ccc(C)cc2)c1C(=O)O. The molecule has 1 aromatic heterocycles. The maximum absolute atomic E-state index is 12.0. The molecule has 3 rings (SSSR count). The predicted molar refractivity (Wildman–Crippen MR) is 117 cm³/mol. The number of thiophene rings is 1. The van der Waals surface area contributed by atoms with Crippen LogP contribution in [0.3, 0.4) is 0 Å². The van der Waals surface area contributed by atoms with Crippen molar-refractivity contribution < 1.29 is 9.90 Å². The first kappa shape index (κ1) is 19.6. The second kappa shape index (κ2) is 9.16. The quantitative estimate of drug-likeness (QED) is 0.410. The number of carboxylic acids is 1. The molecule has 0 radical (unpaired) electrons. The molecule has 0 aliphatic heterocycles. The molecule has 0 unspecified atom stereocenters. The molecule has 0 saturated carbocycles. The first-order valence-corrected chi connectivity index (χ1v) is 10.0. The number of aliphatic imine (C=N–C) groups is 1. The van der Waals surface area contributed by atoms with Crippen LogP contribution < -0.4 is 0 Å². The van der Waals surface area contributed by atoms with Crippen molar-refractivity contribution in [1.29, 1.82) is 0 Å². The van der Waals surface area contributed by atoms with E-state index in [-0.39, 0.29) is 5.56 Å². The van der Waals surface area contributed by atoms with E-state index in [1.807, 2.05) is 61.5 Å². The minimum absolute atomic E-state index is 0.240. The summed E-state index contributed by atoms with van der Waals surface area (Å²) in [5.74, 6) is 5.27. The molecule has 140 valence electrons. The van der Waals surface area contributed by atoms with Gasteiger partial charge in [-0.05, 0) is 43.4 Å². The summed E-state index contributed by atoms with van der Waals surface area (Å²) in [4.78, 5) is 17.3. The number of aromatic carboxylic acids is 1. The first-order valence-electron chi connectivity index (χ1n) is 9.15. The number of benzene rings is 2. The lowest BCUT2D eigenvalue weighted by Gasteiger charge is -2.03. The summed E-state index contributed by atoms with van der Waals surface area (Å²) in [6.07, 6.45) is 1.59. The van der Waals surface area contributed by atoms with Crippen LogP contribution >= 0.6 is 11.3 Å². The zero-order chi connectivity index (χ0) is 19.9. The summed E-state index contributed by atoms with van der Waals surface area (Å²) in [6, 6.07) is 17.6. The van der Waals surface area contributed by atoms with Gasteiger partial charge >= 0.3 is 5.97 Å². The molecular formula is C24H21NO2S. The van der Waals surface area contributed by atoms with Crippen molar-refractivity contribution in [2.75, 3.05) is 0 Å². The number of carboxylic acid groups (broad SMARTS) is 1. The van der Waals surface area contributed by atoms with Crippen molar-refractivity contribution in [3.63, 3.8) is 0 Å². The number of nitrogens with zero attached hydrogens (tertiary/aromatic N) is 1. The Labute approximate surface area is 169 Å². The molecule has 0 bridgehead atoms. The summed E-state index contributed by atoms with van der Waals surface area (Å²) >= 11 is 1.40. The molecule has 0 amide bonds. The van der Waals surface area contributed by atoms with E-state index in [1.165, 1.54) is 11.3 Å². The molecule has 0 spiro atoms. The zero-order valence-electron chi connectivity index (χ0n) is 15.9. The fourth-order valence-corrected chi connectivity index (χ4v) is 3.73. The van der Waals surface area contributed by atoms with Gasteiger partial charge in [0, 0.05) is 10.9 Å². The van der Waals surface area contributed by atoms with Crippen molar-refractivity contribution in [3.8, 4) is 22.3 Å². The summed E-state index contributed by atoms with van der Waals surface area (Å²) in [5.41, 5.74) is 4.35. The second-order valence-electron chi connectivity index (χ2n) is 6.42. The Balaban J connectivity index is 2.02. The maximum atomic E-state index is 12.0. The van der Waals surface area contributed by atoms with Crippen molar-refractivity contribution in [1.82, 2.24) is 0 Å². The molecule has 0 fully saturated rings. The third-order valence-electron chi connectivity index (χ3n) is 4.17.